The van der Waals surface area contributed by atoms with E-state index in [0.29, 0.717) is 20.7 Å². The third-order valence-corrected chi connectivity index (χ3v) is 4.55. The van der Waals surface area contributed by atoms with Crippen LogP contribution in [0.2, 0.25) is 10.2 Å². The lowest BCUT2D eigenvalue weighted by atomic mass is 10.2. The van der Waals surface area contributed by atoms with Crippen LogP contribution in [-0.2, 0) is 6.54 Å². The molecule has 0 spiro atoms. The van der Waals surface area contributed by atoms with Gasteiger partial charge < -0.3 is 5.32 Å². The first kappa shape index (κ1) is 16.4. The Bertz CT molecular complexity index is 871. The molecule has 3 aromatic rings. The average Bonchev–Trinajstić information content (AvgIpc) is 2.81. The van der Waals surface area contributed by atoms with Crippen molar-refractivity contribution in [2.24, 2.45) is 0 Å². The number of anilines is 2. The smallest absolute Gasteiger partial charge is 0.257 e. The molecule has 0 unspecified atom stereocenters. The molecule has 0 atom stereocenters. The molecule has 0 bridgehead atoms. The van der Waals surface area contributed by atoms with E-state index >= 15 is 0 Å². The SMILES string of the molecule is FC(F)Cn1ncc(Nc2ncc3cc(Cl)c(Br)cc3n2)c1Cl. The highest BCUT2D eigenvalue weighted by Crippen LogP contribution is 2.29. The zero-order valence-corrected chi connectivity index (χ0v) is 14.4. The Kier molecular flexibility index (Phi) is 4.65. The van der Waals surface area contributed by atoms with E-state index in [1.54, 1.807) is 18.3 Å². The van der Waals surface area contributed by atoms with E-state index in [1.165, 1.54) is 6.20 Å². The number of nitrogens with one attached hydrogen (secondary N) is 1. The fraction of sp³-hybridized carbons (Fsp3) is 0.154. The maximum atomic E-state index is 12.4. The predicted octanol–water partition coefficient (Wildman–Crippen LogP) is 4.90. The number of fused-ring (bicyclic) bond motifs is 1. The van der Waals surface area contributed by atoms with E-state index in [2.05, 4.69) is 36.3 Å². The molecular formula is C13H8BrCl2F2N5. The molecule has 0 fully saturated rings. The molecule has 0 aliphatic rings. The summed E-state index contributed by atoms with van der Waals surface area (Å²) < 4.78 is 26.5. The molecule has 0 saturated carbocycles. The number of hydrogen-bond acceptors (Lipinski definition) is 4. The van der Waals surface area contributed by atoms with Crippen LogP contribution in [0, 0.1) is 0 Å². The van der Waals surface area contributed by atoms with Crippen molar-refractivity contribution in [2.75, 3.05) is 5.32 Å². The summed E-state index contributed by atoms with van der Waals surface area (Å²) in [4.78, 5) is 8.47. The third-order valence-electron chi connectivity index (χ3n) is 2.95. The highest BCUT2D eigenvalue weighted by atomic mass is 79.9. The Morgan fingerprint density at radius 3 is 2.78 bits per heavy atom. The molecule has 2 heterocycles. The summed E-state index contributed by atoms with van der Waals surface area (Å²) in [6.45, 7) is -0.579. The zero-order chi connectivity index (χ0) is 16.6. The second kappa shape index (κ2) is 6.54. The molecule has 0 aliphatic carbocycles. The van der Waals surface area contributed by atoms with Gasteiger partial charge in [0, 0.05) is 16.1 Å². The van der Waals surface area contributed by atoms with Gasteiger partial charge in [0.15, 0.2) is 5.15 Å². The summed E-state index contributed by atoms with van der Waals surface area (Å²) in [6, 6.07) is 3.49. The van der Waals surface area contributed by atoms with Gasteiger partial charge in [-0.2, -0.15) is 5.10 Å². The minimum absolute atomic E-state index is 0.0614. The van der Waals surface area contributed by atoms with Gasteiger partial charge in [-0.15, -0.1) is 0 Å². The fourth-order valence-electron chi connectivity index (χ4n) is 1.92. The standard InChI is InChI=1S/C13H8BrCl2F2N5/c14-7-2-9-6(1-8(7)15)3-19-13(21-9)22-10-4-20-23(12(10)16)5-11(17)18/h1-4,11H,5H2,(H,19,21,22). The summed E-state index contributed by atoms with van der Waals surface area (Å²) in [5, 5.41) is 8.05. The van der Waals surface area contributed by atoms with E-state index in [0.717, 1.165) is 10.1 Å². The zero-order valence-electron chi connectivity index (χ0n) is 11.3. The van der Waals surface area contributed by atoms with Crippen molar-refractivity contribution in [2.45, 2.75) is 13.0 Å². The van der Waals surface area contributed by atoms with Gasteiger partial charge in [0.05, 0.1) is 22.4 Å². The number of aromatic nitrogens is 4. The van der Waals surface area contributed by atoms with Crippen LogP contribution < -0.4 is 5.32 Å². The molecule has 10 heteroatoms. The predicted molar refractivity (Wildman–Crippen MR) is 88.8 cm³/mol. The lowest BCUT2D eigenvalue weighted by Gasteiger charge is -2.06. The van der Waals surface area contributed by atoms with E-state index in [9.17, 15) is 8.78 Å². The number of nitrogens with zero attached hydrogens (tertiary/aromatic N) is 4. The van der Waals surface area contributed by atoms with Crippen molar-refractivity contribution in [1.82, 2.24) is 19.7 Å². The van der Waals surface area contributed by atoms with Crippen molar-refractivity contribution in [3.63, 3.8) is 0 Å². The molecule has 120 valence electrons. The van der Waals surface area contributed by atoms with E-state index < -0.39 is 13.0 Å². The van der Waals surface area contributed by atoms with Crippen LogP contribution in [0.4, 0.5) is 20.4 Å². The summed E-state index contributed by atoms with van der Waals surface area (Å²) in [5.74, 6) is 0.269. The molecule has 0 saturated heterocycles. The van der Waals surface area contributed by atoms with Gasteiger partial charge >= 0.3 is 0 Å². The lowest BCUT2D eigenvalue weighted by molar-refractivity contribution is 0.122. The molecule has 2 aromatic heterocycles. The first-order chi connectivity index (χ1) is 10.9. The monoisotopic (exact) mass is 421 g/mol. The normalized spacial score (nSPS) is 11.4. The molecule has 5 nitrogen and oxygen atoms in total. The van der Waals surface area contributed by atoms with Gasteiger partial charge in [-0.1, -0.05) is 23.2 Å². The van der Waals surface area contributed by atoms with Crippen LogP contribution in [0.25, 0.3) is 10.9 Å². The van der Waals surface area contributed by atoms with Crippen molar-refractivity contribution in [3.05, 3.63) is 39.2 Å². The minimum Gasteiger partial charge on any atom is -0.320 e. The second-order valence-electron chi connectivity index (χ2n) is 4.57. The van der Waals surface area contributed by atoms with Crippen LogP contribution in [0.5, 0.6) is 0 Å². The quantitative estimate of drug-likeness (QED) is 0.649. The van der Waals surface area contributed by atoms with Gasteiger partial charge in [-0.3, -0.25) is 0 Å². The van der Waals surface area contributed by atoms with Crippen molar-refractivity contribution >= 4 is 61.7 Å². The number of benzene rings is 1. The van der Waals surface area contributed by atoms with Crippen molar-refractivity contribution < 1.29 is 8.78 Å². The average molecular weight is 423 g/mol. The fourth-order valence-corrected chi connectivity index (χ4v) is 2.63. The molecule has 3 rings (SSSR count). The molecule has 23 heavy (non-hydrogen) atoms. The highest BCUT2D eigenvalue weighted by molar-refractivity contribution is 9.10. The summed E-state index contributed by atoms with van der Waals surface area (Å²) in [7, 11) is 0. The summed E-state index contributed by atoms with van der Waals surface area (Å²) >= 11 is 15.3. The number of rotatable bonds is 4. The van der Waals surface area contributed by atoms with Crippen LogP contribution in [-0.4, -0.2) is 26.2 Å². The first-order valence-corrected chi connectivity index (χ1v) is 7.87. The van der Waals surface area contributed by atoms with Gasteiger partial charge in [-0.05, 0) is 28.1 Å². The topological polar surface area (TPSA) is 55.6 Å². The first-order valence-electron chi connectivity index (χ1n) is 6.32. The lowest BCUT2D eigenvalue weighted by Crippen LogP contribution is -2.08. The van der Waals surface area contributed by atoms with Gasteiger partial charge in [-0.25, -0.2) is 23.4 Å². The Morgan fingerprint density at radius 1 is 1.26 bits per heavy atom. The van der Waals surface area contributed by atoms with Crippen LogP contribution >= 0.6 is 39.1 Å². The van der Waals surface area contributed by atoms with Gasteiger partial charge in [0.2, 0.25) is 5.95 Å². The molecular weight excluding hydrogens is 415 g/mol. The summed E-state index contributed by atoms with van der Waals surface area (Å²) in [5.41, 5.74) is 1.01. The largest absolute Gasteiger partial charge is 0.320 e. The van der Waals surface area contributed by atoms with Gasteiger partial charge in [0.25, 0.3) is 6.43 Å². The van der Waals surface area contributed by atoms with Crippen LogP contribution in [0.1, 0.15) is 0 Å². The van der Waals surface area contributed by atoms with E-state index in [1.807, 2.05) is 0 Å². The molecule has 0 aliphatic heterocycles. The Balaban J connectivity index is 1.90. The summed E-state index contributed by atoms with van der Waals surface area (Å²) in [6.07, 6.45) is 0.399. The van der Waals surface area contributed by atoms with E-state index in [4.69, 9.17) is 23.2 Å². The Morgan fingerprint density at radius 2 is 2.04 bits per heavy atom. The number of hydrogen-bond donors (Lipinski definition) is 1. The van der Waals surface area contributed by atoms with E-state index in [-0.39, 0.29) is 11.1 Å². The second-order valence-corrected chi connectivity index (χ2v) is 6.19. The molecule has 1 aromatic carbocycles. The maximum absolute atomic E-state index is 12.4. The van der Waals surface area contributed by atoms with Gasteiger partial charge in [0.1, 0.15) is 6.54 Å². The third kappa shape index (κ3) is 3.54. The molecule has 0 radical (unpaired) electrons. The van der Waals surface area contributed by atoms with Crippen LogP contribution in [0.3, 0.4) is 0 Å². The maximum Gasteiger partial charge on any atom is 0.257 e. The molecule has 0 amide bonds. The number of alkyl halides is 2. The Hall–Kier alpha value is -1.51. The van der Waals surface area contributed by atoms with Crippen molar-refractivity contribution in [1.29, 1.82) is 0 Å². The van der Waals surface area contributed by atoms with Crippen molar-refractivity contribution in [3.8, 4) is 0 Å². The number of halogens is 5. The Labute approximate surface area is 147 Å². The minimum atomic E-state index is -2.54. The molecule has 1 N–H and O–H groups in total. The highest BCUT2D eigenvalue weighted by Gasteiger charge is 2.14. The van der Waals surface area contributed by atoms with Crippen LogP contribution in [0.15, 0.2) is 29.0 Å².